The quantitative estimate of drug-likeness (QED) is 0.404. The molecule has 0 aromatic carbocycles. The van der Waals surface area contributed by atoms with Crippen LogP contribution in [0.2, 0.25) is 0 Å². The van der Waals surface area contributed by atoms with Crippen molar-refractivity contribution in [3.8, 4) is 0 Å². The molecule has 0 aliphatic carbocycles. The molecule has 0 rings (SSSR count). The first-order chi connectivity index (χ1) is 3.46. The van der Waals surface area contributed by atoms with Gasteiger partial charge in [-0.1, -0.05) is 0 Å². The molecule has 0 N–H and O–H groups in total. The van der Waals surface area contributed by atoms with Crippen molar-refractivity contribution in [1.29, 1.82) is 0 Å². The van der Waals surface area contributed by atoms with Crippen LogP contribution in [0, 0.1) is 0 Å². The summed E-state index contributed by atoms with van der Waals surface area (Å²) in [7, 11) is 0. The number of hydrogen-bond donors (Lipinski definition) is 0. The minimum absolute atomic E-state index is 0. The molecule has 0 fully saturated rings. The van der Waals surface area contributed by atoms with Gasteiger partial charge in [-0.05, 0) is 0 Å². The summed E-state index contributed by atoms with van der Waals surface area (Å²) in [6.07, 6.45) is 0. The summed E-state index contributed by atoms with van der Waals surface area (Å²) in [5.74, 6) is 0. The zero-order valence-corrected chi connectivity index (χ0v) is 12.4. The molecule has 0 aromatic rings. The molecule has 48 valence electrons. The zero-order chi connectivity index (χ0) is 7.15. The van der Waals surface area contributed by atoms with Gasteiger partial charge < -0.3 is 0 Å². The summed E-state index contributed by atoms with van der Waals surface area (Å²) in [6, 6.07) is 0. The molecular weight excluding hydrogens is 272 g/mol. The van der Waals surface area contributed by atoms with Crippen molar-refractivity contribution in [2.75, 3.05) is 0 Å². The Morgan fingerprint density at radius 1 is 0.700 bits per heavy atom. The topological polar surface area (TPSA) is 126 Å². The van der Waals surface area contributed by atoms with Gasteiger partial charge in [0.15, 0.2) is 0 Å². The molecule has 0 spiro atoms. The van der Waals surface area contributed by atoms with Crippen molar-refractivity contribution in [1.82, 2.24) is 0 Å². The standard InChI is InChI=1S/2Ca.6O.2Ti/q2*+2;;;4*-1;;. The molecule has 0 bridgehead atoms. The first kappa shape index (κ1) is 23.3. The van der Waals surface area contributed by atoms with E-state index >= 15 is 0 Å². The van der Waals surface area contributed by atoms with Gasteiger partial charge in [0.2, 0.25) is 0 Å². The van der Waals surface area contributed by atoms with Gasteiger partial charge in [-0.25, -0.2) is 0 Å². The molecule has 0 aliphatic rings. The van der Waals surface area contributed by atoms with Crippen LogP contribution in [-0.2, 0) is 43.9 Å². The van der Waals surface area contributed by atoms with Crippen LogP contribution in [0.25, 0.3) is 0 Å². The van der Waals surface area contributed by atoms with Crippen LogP contribution in [0.15, 0.2) is 0 Å². The van der Waals surface area contributed by atoms with E-state index in [1.54, 1.807) is 0 Å². The molecule has 0 saturated carbocycles. The predicted octanol–water partition coefficient (Wildman–Crippen LogP) is -5.76. The Kier molecular flexibility index (Phi) is 42.5. The van der Waals surface area contributed by atoms with E-state index in [4.69, 9.17) is 21.4 Å². The Hall–Kier alpha value is 3.39. The van der Waals surface area contributed by atoms with Crippen LogP contribution in [0.4, 0.5) is 0 Å². The fraction of sp³-hybridized carbons (Fsp3) is 0. The summed E-state index contributed by atoms with van der Waals surface area (Å²) in [5.41, 5.74) is 0. The normalized spacial score (nSPS) is 5.20. The molecule has 0 heterocycles. The Labute approximate surface area is 131 Å². The molecule has 0 atom stereocenters. The van der Waals surface area contributed by atoms with Gasteiger partial charge in [-0.15, -0.1) is 0 Å². The molecule has 0 radical (unpaired) electrons. The Bertz CT molecular complexity index is 71.7. The third-order valence-electron chi connectivity index (χ3n) is 0. The van der Waals surface area contributed by atoms with Crippen LogP contribution in [0.5, 0.6) is 0 Å². The summed E-state index contributed by atoms with van der Waals surface area (Å²) >= 11 is -8.17. The van der Waals surface area contributed by atoms with E-state index in [2.05, 4.69) is 0 Å². The van der Waals surface area contributed by atoms with Crippen LogP contribution in [0.1, 0.15) is 0 Å². The van der Waals surface area contributed by atoms with Crippen molar-refractivity contribution >= 4 is 75.5 Å². The van der Waals surface area contributed by atoms with Crippen molar-refractivity contribution in [3.05, 3.63) is 0 Å². The molecule has 0 aromatic heterocycles. The average molecular weight is 272 g/mol. The first-order valence-corrected chi connectivity index (χ1v) is 5.05. The van der Waals surface area contributed by atoms with Gasteiger partial charge in [0.05, 0.1) is 0 Å². The van der Waals surface area contributed by atoms with E-state index < -0.39 is 37.2 Å². The average Bonchev–Trinajstić information content (AvgIpc) is 1.25. The fourth-order valence-corrected chi connectivity index (χ4v) is 0. The molecule has 0 unspecified atom stereocenters. The number of rotatable bonds is 0. The molecule has 0 aliphatic heterocycles. The second kappa shape index (κ2) is 18.2. The Balaban J connectivity index is -0.0000000300. The van der Waals surface area contributed by atoms with Crippen molar-refractivity contribution in [2.45, 2.75) is 0 Å². The molecular formula is Ca2O6Ti2. The van der Waals surface area contributed by atoms with Crippen LogP contribution < -0.4 is 14.8 Å². The third kappa shape index (κ3) is 107. The molecule has 0 amide bonds. The second-order valence-electron chi connectivity index (χ2n) is 0.500. The Morgan fingerprint density at radius 2 is 0.700 bits per heavy atom. The summed E-state index contributed by atoms with van der Waals surface area (Å²) in [6.45, 7) is 0. The van der Waals surface area contributed by atoms with Crippen LogP contribution in [-0.4, -0.2) is 75.5 Å². The monoisotopic (exact) mass is 272 g/mol. The van der Waals surface area contributed by atoms with Crippen molar-refractivity contribution in [2.24, 2.45) is 0 Å². The van der Waals surface area contributed by atoms with Gasteiger partial charge in [-0.3, -0.25) is 0 Å². The molecule has 10 heavy (non-hydrogen) atoms. The van der Waals surface area contributed by atoms with Gasteiger partial charge >= 0.3 is 134 Å². The summed E-state index contributed by atoms with van der Waals surface area (Å²) < 4.78 is 51.5. The summed E-state index contributed by atoms with van der Waals surface area (Å²) in [5, 5.41) is 0. The molecule has 0 saturated heterocycles. The Morgan fingerprint density at radius 3 is 0.700 bits per heavy atom. The van der Waals surface area contributed by atoms with Crippen LogP contribution >= 0.6 is 0 Å². The van der Waals surface area contributed by atoms with E-state index in [0.717, 1.165) is 0 Å². The van der Waals surface area contributed by atoms with Crippen LogP contribution in [0.3, 0.4) is 0 Å². The van der Waals surface area contributed by atoms with Crippen molar-refractivity contribution in [3.63, 3.8) is 0 Å². The van der Waals surface area contributed by atoms with E-state index in [-0.39, 0.29) is 75.5 Å². The van der Waals surface area contributed by atoms with Gasteiger partial charge in [0, 0.05) is 0 Å². The maximum atomic E-state index is 8.58. The molecule has 6 nitrogen and oxygen atoms in total. The fourth-order valence-electron chi connectivity index (χ4n) is 0. The predicted molar refractivity (Wildman–Crippen MR) is 12.9 cm³/mol. The summed E-state index contributed by atoms with van der Waals surface area (Å²) in [4.78, 5) is 0. The van der Waals surface area contributed by atoms with Gasteiger partial charge in [-0.2, -0.15) is 0 Å². The molecule has 10 heteroatoms. The third-order valence-corrected chi connectivity index (χ3v) is 0. The maximum absolute atomic E-state index is 8.58. The first-order valence-electron chi connectivity index (χ1n) is 1.22. The van der Waals surface area contributed by atoms with E-state index in [1.165, 1.54) is 0 Å². The SMILES string of the molecule is [Ca+2].[Ca+2].[O]=[Ti]([O-])[O-].[O]=[Ti]([O-])[O-]. The van der Waals surface area contributed by atoms with E-state index in [1.807, 2.05) is 0 Å². The second-order valence-corrected chi connectivity index (χ2v) is 2.06. The van der Waals surface area contributed by atoms with E-state index in [0.29, 0.717) is 0 Å². The van der Waals surface area contributed by atoms with Gasteiger partial charge in [0.25, 0.3) is 0 Å². The van der Waals surface area contributed by atoms with E-state index in [9.17, 15) is 0 Å². The van der Waals surface area contributed by atoms with Gasteiger partial charge in [0.1, 0.15) is 0 Å². The zero-order valence-electron chi connectivity index (χ0n) is 4.86. The number of hydrogen-bond acceptors (Lipinski definition) is 6. The minimum atomic E-state index is -4.08. The van der Waals surface area contributed by atoms with Crippen molar-refractivity contribution < 1.29 is 58.6 Å².